The van der Waals surface area contributed by atoms with E-state index in [1.54, 1.807) is 19.1 Å². The molecular formula is C19H18N2O3S. The van der Waals surface area contributed by atoms with Gasteiger partial charge in [0.1, 0.15) is 11.1 Å². The van der Waals surface area contributed by atoms with Crippen LogP contribution in [0.15, 0.2) is 18.2 Å². The van der Waals surface area contributed by atoms with Gasteiger partial charge in [-0.05, 0) is 49.8 Å². The average Bonchev–Trinajstić information content (AvgIpc) is 2.90. The van der Waals surface area contributed by atoms with Crippen LogP contribution < -0.4 is 5.32 Å². The van der Waals surface area contributed by atoms with E-state index in [4.69, 9.17) is 0 Å². The molecular weight excluding hydrogens is 336 g/mol. The number of nitrogens with one attached hydrogen (secondary N) is 1. The number of thiophene rings is 1. The maximum atomic E-state index is 12.7. The highest BCUT2D eigenvalue weighted by Gasteiger charge is 2.25. The second kappa shape index (κ2) is 6.69. The first-order chi connectivity index (χ1) is 11.9. The Morgan fingerprint density at radius 2 is 2.12 bits per heavy atom. The molecule has 1 unspecified atom stereocenters. The molecule has 0 radical (unpaired) electrons. The Labute approximate surface area is 149 Å². The van der Waals surface area contributed by atoms with Crippen molar-refractivity contribution in [3.8, 4) is 6.07 Å². The number of nitrogens with zero attached hydrogens (tertiary/aromatic N) is 1. The van der Waals surface area contributed by atoms with Crippen molar-refractivity contribution in [1.82, 2.24) is 0 Å². The van der Waals surface area contributed by atoms with Gasteiger partial charge in [0.2, 0.25) is 0 Å². The molecule has 6 heteroatoms. The Bertz CT molecular complexity index is 908. The number of fused-ring (bicyclic) bond motifs is 1. The minimum Gasteiger partial charge on any atom is -0.478 e. The van der Waals surface area contributed by atoms with E-state index in [2.05, 4.69) is 18.3 Å². The molecule has 1 aliphatic rings. The number of anilines is 1. The highest BCUT2D eigenvalue weighted by Crippen LogP contribution is 2.39. The minimum atomic E-state index is -1.15. The van der Waals surface area contributed by atoms with Crippen LogP contribution in [0.2, 0.25) is 0 Å². The van der Waals surface area contributed by atoms with Crippen molar-refractivity contribution in [2.24, 2.45) is 5.92 Å². The Morgan fingerprint density at radius 3 is 2.80 bits per heavy atom. The molecule has 2 aromatic rings. The van der Waals surface area contributed by atoms with E-state index < -0.39 is 11.9 Å². The van der Waals surface area contributed by atoms with Gasteiger partial charge in [-0.15, -0.1) is 11.3 Å². The number of carboxylic acids is 1. The van der Waals surface area contributed by atoms with Gasteiger partial charge in [0.15, 0.2) is 0 Å². The van der Waals surface area contributed by atoms with E-state index in [1.807, 2.05) is 0 Å². The molecule has 1 atom stereocenters. The first-order valence-electron chi connectivity index (χ1n) is 8.10. The molecule has 5 nitrogen and oxygen atoms in total. The topological polar surface area (TPSA) is 90.2 Å². The van der Waals surface area contributed by atoms with Gasteiger partial charge >= 0.3 is 5.97 Å². The van der Waals surface area contributed by atoms with Crippen molar-refractivity contribution in [1.29, 1.82) is 5.26 Å². The van der Waals surface area contributed by atoms with Crippen molar-refractivity contribution >= 4 is 28.2 Å². The molecule has 2 N–H and O–H groups in total. The third kappa shape index (κ3) is 3.28. The number of carboxylic acid groups (broad SMARTS) is 1. The van der Waals surface area contributed by atoms with Crippen molar-refractivity contribution in [3.63, 3.8) is 0 Å². The second-order valence-corrected chi connectivity index (χ2v) is 7.58. The molecule has 3 rings (SSSR count). The Kier molecular flexibility index (Phi) is 4.60. The van der Waals surface area contributed by atoms with Crippen molar-refractivity contribution < 1.29 is 14.7 Å². The van der Waals surface area contributed by atoms with Crippen molar-refractivity contribution in [2.45, 2.75) is 33.1 Å². The number of rotatable bonds is 3. The van der Waals surface area contributed by atoms with E-state index in [0.29, 0.717) is 16.5 Å². The van der Waals surface area contributed by atoms with E-state index in [-0.39, 0.29) is 11.1 Å². The fourth-order valence-corrected chi connectivity index (χ4v) is 4.52. The van der Waals surface area contributed by atoms with E-state index in [0.717, 1.165) is 35.3 Å². The van der Waals surface area contributed by atoms with Crippen LogP contribution in [-0.4, -0.2) is 17.0 Å². The lowest BCUT2D eigenvalue weighted by atomic mass is 9.88. The smallest absolute Gasteiger partial charge is 0.336 e. The third-order valence-electron chi connectivity index (χ3n) is 4.50. The van der Waals surface area contributed by atoms with Gasteiger partial charge in [0.05, 0.1) is 16.7 Å². The molecule has 0 aliphatic heterocycles. The molecule has 1 amide bonds. The molecule has 1 aromatic heterocycles. The first-order valence-corrected chi connectivity index (χ1v) is 8.92. The fraction of sp³-hybridized carbons (Fsp3) is 0.316. The second-order valence-electron chi connectivity index (χ2n) is 6.48. The van der Waals surface area contributed by atoms with E-state index >= 15 is 0 Å². The molecule has 1 aromatic carbocycles. The monoisotopic (exact) mass is 354 g/mol. The van der Waals surface area contributed by atoms with Crippen molar-refractivity contribution in [3.05, 3.63) is 50.9 Å². The summed E-state index contributed by atoms with van der Waals surface area (Å²) < 4.78 is 0. The molecule has 0 saturated heterocycles. The molecule has 128 valence electrons. The number of aromatic carboxylic acids is 1. The highest BCUT2D eigenvalue weighted by molar-refractivity contribution is 7.16. The number of hydrogen-bond acceptors (Lipinski definition) is 4. The van der Waals surface area contributed by atoms with Gasteiger partial charge in [-0.1, -0.05) is 18.6 Å². The molecule has 1 heterocycles. The van der Waals surface area contributed by atoms with Gasteiger partial charge in [-0.3, -0.25) is 4.79 Å². The normalized spacial score (nSPS) is 16.0. The van der Waals surface area contributed by atoms with Crippen LogP contribution in [0.1, 0.15) is 55.6 Å². The SMILES string of the molecule is Cc1ccc(C(=O)O)c(C(=O)Nc2sc3c(c2C#N)CCC(C)C3)c1. The lowest BCUT2D eigenvalue weighted by Crippen LogP contribution is -2.16. The maximum absolute atomic E-state index is 12.7. The summed E-state index contributed by atoms with van der Waals surface area (Å²) >= 11 is 1.43. The summed E-state index contributed by atoms with van der Waals surface area (Å²) in [6.45, 7) is 3.98. The number of amides is 1. The zero-order valence-electron chi connectivity index (χ0n) is 14.0. The third-order valence-corrected chi connectivity index (χ3v) is 5.67. The van der Waals surface area contributed by atoms with Crippen molar-refractivity contribution in [2.75, 3.05) is 5.32 Å². The van der Waals surface area contributed by atoms with Crippen LogP contribution in [0.3, 0.4) is 0 Å². The number of aryl methyl sites for hydroxylation is 1. The molecule has 1 aliphatic carbocycles. The van der Waals surface area contributed by atoms with Gasteiger partial charge in [-0.2, -0.15) is 5.26 Å². The van der Waals surface area contributed by atoms with Crippen LogP contribution in [0, 0.1) is 24.2 Å². The van der Waals surface area contributed by atoms with E-state index in [1.165, 1.54) is 17.4 Å². The summed E-state index contributed by atoms with van der Waals surface area (Å²) in [6.07, 6.45) is 2.79. The summed E-state index contributed by atoms with van der Waals surface area (Å²) in [6, 6.07) is 6.85. The van der Waals surface area contributed by atoms with Gasteiger partial charge in [0.25, 0.3) is 5.91 Å². The lowest BCUT2D eigenvalue weighted by Gasteiger charge is -2.17. The number of nitriles is 1. The molecule has 0 fully saturated rings. The lowest BCUT2D eigenvalue weighted by molar-refractivity contribution is 0.0692. The molecule has 0 spiro atoms. The van der Waals surface area contributed by atoms with Crippen LogP contribution in [0.25, 0.3) is 0 Å². The molecule has 25 heavy (non-hydrogen) atoms. The first kappa shape index (κ1) is 17.2. The number of hydrogen-bond donors (Lipinski definition) is 2. The number of benzene rings is 1. The Morgan fingerprint density at radius 1 is 1.36 bits per heavy atom. The number of carbonyl (C=O) groups excluding carboxylic acids is 1. The predicted molar refractivity (Wildman–Crippen MR) is 96.3 cm³/mol. The minimum absolute atomic E-state index is 0.0449. The molecule has 0 bridgehead atoms. The summed E-state index contributed by atoms with van der Waals surface area (Å²) in [4.78, 5) is 25.2. The Balaban J connectivity index is 1.96. The van der Waals surface area contributed by atoms with Crippen LogP contribution in [0.4, 0.5) is 5.00 Å². The van der Waals surface area contributed by atoms with Crippen LogP contribution in [-0.2, 0) is 12.8 Å². The summed E-state index contributed by atoms with van der Waals surface area (Å²) in [5.74, 6) is -1.08. The standard InChI is InChI=1S/C19H18N2O3S/c1-10-4-6-13(19(23)24)14(7-10)17(22)21-18-15(9-20)12-5-3-11(2)8-16(12)25-18/h4,6-7,11H,3,5,8H2,1-2H3,(H,21,22)(H,23,24). The average molecular weight is 354 g/mol. The molecule has 0 saturated carbocycles. The zero-order valence-corrected chi connectivity index (χ0v) is 14.9. The Hall–Kier alpha value is -2.65. The van der Waals surface area contributed by atoms with Crippen LogP contribution >= 0.6 is 11.3 Å². The van der Waals surface area contributed by atoms with E-state index in [9.17, 15) is 20.0 Å². The summed E-state index contributed by atoms with van der Waals surface area (Å²) in [7, 11) is 0. The largest absolute Gasteiger partial charge is 0.478 e. The highest BCUT2D eigenvalue weighted by atomic mass is 32.1. The predicted octanol–water partition coefficient (Wildman–Crippen LogP) is 4.00. The summed E-state index contributed by atoms with van der Waals surface area (Å²) in [5, 5.41) is 22.1. The van der Waals surface area contributed by atoms with Gasteiger partial charge in [0, 0.05) is 4.88 Å². The maximum Gasteiger partial charge on any atom is 0.336 e. The summed E-state index contributed by atoms with van der Waals surface area (Å²) in [5.41, 5.74) is 2.41. The van der Waals surface area contributed by atoms with Crippen LogP contribution in [0.5, 0.6) is 0 Å². The zero-order chi connectivity index (χ0) is 18.1. The quantitative estimate of drug-likeness (QED) is 0.871. The van der Waals surface area contributed by atoms with Gasteiger partial charge < -0.3 is 10.4 Å². The van der Waals surface area contributed by atoms with Gasteiger partial charge in [-0.25, -0.2) is 4.79 Å². The number of carbonyl (C=O) groups is 2. The fourth-order valence-electron chi connectivity index (χ4n) is 3.16.